The van der Waals surface area contributed by atoms with Gasteiger partial charge < -0.3 is 10.1 Å². The van der Waals surface area contributed by atoms with Gasteiger partial charge >= 0.3 is 0 Å². The van der Waals surface area contributed by atoms with Crippen molar-refractivity contribution in [3.8, 4) is 5.75 Å². The summed E-state index contributed by atoms with van der Waals surface area (Å²) in [6.45, 7) is 3.63. The highest BCUT2D eigenvalue weighted by atomic mass is 16.5. The monoisotopic (exact) mass is 257 g/mol. The molecule has 0 bridgehead atoms. The molecule has 0 atom stereocenters. The summed E-state index contributed by atoms with van der Waals surface area (Å²) < 4.78 is 5.70. The summed E-state index contributed by atoms with van der Waals surface area (Å²) in [4.78, 5) is 8.15. The van der Waals surface area contributed by atoms with Crippen molar-refractivity contribution in [3.63, 3.8) is 0 Å². The molecule has 4 heteroatoms. The van der Waals surface area contributed by atoms with Gasteiger partial charge in [-0.15, -0.1) is 0 Å². The molecular formula is C15H19N3O. The second kappa shape index (κ2) is 7.36. The normalized spacial score (nSPS) is 10.2. The van der Waals surface area contributed by atoms with Gasteiger partial charge in [-0.2, -0.15) is 0 Å². The summed E-state index contributed by atoms with van der Waals surface area (Å²) in [6, 6.07) is 6.05. The maximum absolute atomic E-state index is 5.70. The Labute approximate surface area is 113 Å². The number of anilines is 1. The standard InChI is InChI=1S/C15H19N3O/c1-2-18-14-10-15(12-17-11-14)19-9-3-4-13-5-7-16-8-6-13/h5-8,10-12,18H,2-4,9H2,1H3. The molecule has 2 aromatic heterocycles. The number of nitrogens with one attached hydrogen (secondary N) is 1. The average Bonchev–Trinajstić information content (AvgIpc) is 2.46. The molecule has 0 saturated heterocycles. The van der Waals surface area contributed by atoms with Crippen molar-refractivity contribution in [2.45, 2.75) is 19.8 Å². The maximum Gasteiger partial charge on any atom is 0.139 e. The first-order chi connectivity index (χ1) is 9.38. The van der Waals surface area contributed by atoms with Crippen molar-refractivity contribution in [2.24, 2.45) is 0 Å². The van der Waals surface area contributed by atoms with Gasteiger partial charge in [0.15, 0.2) is 0 Å². The van der Waals surface area contributed by atoms with Crippen LogP contribution in [-0.2, 0) is 6.42 Å². The third-order valence-electron chi connectivity index (χ3n) is 2.72. The number of hydrogen-bond acceptors (Lipinski definition) is 4. The van der Waals surface area contributed by atoms with Crippen LogP contribution in [0, 0.1) is 0 Å². The molecule has 19 heavy (non-hydrogen) atoms. The van der Waals surface area contributed by atoms with Gasteiger partial charge in [0.25, 0.3) is 0 Å². The van der Waals surface area contributed by atoms with E-state index < -0.39 is 0 Å². The molecule has 100 valence electrons. The Bertz CT molecular complexity index is 488. The van der Waals surface area contributed by atoms with Crippen LogP contribution in [0.3, 0.4) is 0 Å². The minimum Gasteiger partial charge on any atom is -0.492 e. The Balaban J connectivity index is 1.75. The van der Waals surface area contributed by atoms with Crippen LogP contribution in [0.25, 0.3) is 0 Å². The van der Waals surface area contributed by atoms with Crippen molar-refractivity contribution in [1.29, 1.82) is 0 Å². The first kappa shape index (κ1) is 13.3. The Kier molecular flexibility index (Phi) is 5.17. The number of ether oxygens (including phenoxy) is 1. The van der Waals surface area contributed by atoms with E-state index in [0.29, 0.717) is 6.61 Å². The van der Waals surface area contributed by atoms with Crippen LogP contribution in [0.4, 0.5) is 5.69 Å². The first-order valence-electron chi connectivity index (χ1n) is 6.59. The number of nitrogens with zero attached hydrogens (tertiary/aromatic N) is 2. The van der Waals surface area contributed by atoms with E-state index >= 15 is 0 Å². The van der Waals surface area contributed by atoms with Gasteiger partial charge in [-0.1, -0.05) is 0 Å². The lowest BCUT2D eigenvalue weighted by Gasteiger charge is -2.08. The lowest BCUT2D eigenvalue weighted by molar-refractivity contribution is 0.310. The lowest BCUT2D eigenvalue weighted by atomic mass is 10.1. The summed E-state index contributed by atoms with van der Waals surface area (Å²) in [5.74, 6) is 0.813. The first-order valence-corrected chi connectivity index (χ1v) is 6.59. The fourth-order valence-corrected chi connectivity index (χ4v) is 1.81. The van der Waals surface area contributed by atoms with Crippen LogP contribution >= 0.6 is 0 Å². The summed E-state index contributed by atoms with van der Waals surface area (Å²) >= 11 is 0. The van der Waals surface area contributed by atoms with Crippen LogP contribution < -0.4 is 10.1 Å². The van der Waals surface area contributed by atoms with Crippen LogP contribution in [0.15, 0.2) is 43.0 Å². The average molecular weight is 257 g/mol. The molecule has 0 saturated carbocycles. The molecule has 0 unspecified atom stereocenters. The largest absolute Gasteiger partial charge is 0.492 e. The van der Waals surface area contributed by atoms with Crippen molar-refractivity contribution in [1.82, 2.24) is 9.97 Å². The molecule has 0 fully saturated rings. The van der Waals surface area contributed by atoms with E-state index in [1.165, 1.54) is 5.56 Å². The number of pyridine rings is 2. The molecule has 0 aliphatic heterocycles. The third kappa shape index (κ3) is 4.58. The summed E-state index contributed by atoms with van der Waals surface area (Å²) in [5, 5.41) is 3.21. The van der Waals surface area contributed by atoms with E-state index in [1.807, 2.05) is 30.6 Å². The van der Waals surface area contributed by atoms with Gasteiger partial charge in [0.2, 0.25) is 0 Å². The van der Waals surface area contributed by atoms with E-state index in [1.54, 1.807) is 12.4 Å². The van der Waals surface area contributed by atoms with Gasteiger partial charge in [0.1, 0.15) is 5.75 Å². The molecule has 1 N–H and O–H groups in total. The van der Waals surface area contributed by atoms with Crippen LogP contribution in [0.5, 0.6) is 5.75 Å². The highest BCUT2D eigenvalue weighted by Gasteiger charge is 1.98. The zero-order valence-corrected chi connectivity index (χ0v) is 11.2. The SMILES string of the molecule is CCNc1cncc(OCCCc2ccncc2)c1. The molecule has 0 amide bonds. The zero-order chi connectivity index (χ0) is 13.3. The smallest absolute Gasteiger partial charge is 0.139 e. The molecule has 0 aromatic carbocycles. The fourth-order valence-electron chi connectivity index (χ4n) is 1.81. The van der Waals surface area contributed by atoms with Crippen LogP contribution in [0.2, 0.25) is 0 Å². The van der Waals surface area contributed by atoms with Crippen molar-refractivity contribution in [3.05, 3.63) is 48.5 Å². The highest BCUT2D eigenvalue weighted by Crippen LogP contribution is 2.15. The Morgan fingerprint density at radius 3 is 2.79 bits per heavy atom. The second-order valence-electron chi connectivity index (χ2n) is 4.25. The number of hydrogen-bond donors (Lipinski definition) is 1. The van der Waals surface area contributed by atoms with E-state index in [2.05, 4.69) is 22.2 Å². The number of aromatic nitrogens is 2. The van der Waals surface area contributed by atoms with E-state index in [0.717, 1.165) is 30.8 Å². The Morgan fingerprint density at radius 1 is 1.16 bits per heavy atom. The molecule has 2 heterocycles. The van der Waals surface area contributed by atoms with Gasteiger partial charge in [-0.25, -0.2) is 0 Å². The third-order valence-corrected chi connectivity index (χ3v) is 2.72. The molecule has 0 spiro atoms. The lowest BCUT2D eigenvalue weighted by Crippen LogP contribution is -2.01. The highest BCUT2D eigenvalue weighted by molar-refractivity contribution is 5.44. The molecular weight excluding hydrogens is 238 g/mol. The summed E-state index contributed by atoms with van der Waals surface area (Å²) in [7, 11) is 0. The van der Waals surface area contributed by atoms with E-state index in [-0.39, 0.29) is 0 Å². The minimum absolute atomic E-state index is 0.694. The molecule has 0 aliphatic rings. The van der Waals surface area contributed by atoms with Crippen molar-refractivity contribution in [2.75, 3.05) is 18.5 Å². The molecule has 0 radical (unpaired) electrons. The topological polar surface area (TPSA) is 47.0 Å². The van der Waals surface area contributed by atoms with Crippen LogP contribution in [0.1, 0.15) is 18.9 Å². The fraction of sp³-hybridized carbons (Fsp3) is 0.333. The predicted octanol–water partition coefficient (Wildman–Crippen LogP) is 2.92. The molecule has 0 aliphatic carbocycles. The predicted molar refractivity (Wildman–Crippen MR) is 76.5 cm³/mol. The van der Waals surface area contributed by atoms with Gasteiger partial charge in [-0.3, -0.25) is 9.97 Å². The minimum atomic E-state index is 0.694. The summed E-state index contributed by atoms with van der Waals surface area (Å²) in [5.41, 5.74) is 2.28. The maximum atomic E-state index is 5.70. The molecule has 4 nitrogen and oxygen atoms in total. The Hall–Kier alpha value is -2.10. The van der Waals surface area contributed by atoms with Crippen molar-refractivity contribution >= 4 is 5.69 Å². The Morgan fingerprint density at radius 2 is 2.00 bits per heavy atom. The van der Waals surface area contributed by atoms with Crippen LogP contribution in [-0.4, -0.2) is 23.1 Å². The van der Waals surface area contributed by atoms with E-state index in [9.17, 15) is 0 Å². The molecule has 2 aromatic rings. The number of aryl methyl sites for hydroxylation is 1. The van der Waals surface area contributed by atoms with E-state index in [4.69, 9.17) is 4.74 Å². The number of rotatable bonds is 7. The van der Waals surface area contributed by atoms with Crippen molar-refractivity contribution < 1.29 is 4.74 Å². The second-order valence-corrected chi connectivity index (χ2v) is 4.25. The van der Waals surface area contributed by atoms with Gasteiger partial charge in [-0.05, 0) is 37.5 Å². The summed E-state index contributed by atoms with van der Waals surface area (Å²) in [6.07, 6.45) is 9.17. The zero-order valence-electron chi connectivity index (χ0n) is 11.2. The quantitative estimate of drug-likeness (QED) is 0.775. The molecule has 2 rings (SSSR count). The van der Waals surface area contributed by atoms with Gasteiger partial charge in [0, 0.05) is 25.0 Å². The van der Waals surface area contributed by atoms with Gasteiger partial charge in [0.05, 0.1) is 24.7 Å².